The summed E-state index contributed by atoms with van der Waals surface area (Å²) < 4.78 is 1.13. The average molecular weight is 382 g/mol. The maximum atomic E-state index is 12.3. The molecule has 1 heterocycles. The molecule has 0 bridgehead atoms. The highest BCUT2D eigenvalue weighted by Gasteiger charge is 2.16. The van der Waals surface area contributed by atoms with Gasteiger partial charge in [-0.2, -0.15) is 0 Å². The van der Waals surface area contributed by atoms with Gasteiger partial charge < -0.3 is 16.0 Å². The van der Waals surface area contributed by atoms with Gasteiger partial charge in [0.2, 0.25) is 11.8 Å². The first-order valence-corrected chi connectivity index (χ1v) is 9.61. The lowest BCUT2D eigenvalue weighted by atomic mass is 10.0. The number of aromatic nitrogens is 1. The minimum Gasteiger partial charge on any atom is -0.360 e. The highest BCUT2D eigenvalue weighted by molar-refractivity contribution is 7.22. The van der Waals surface area contributed by atoms with Crippen molar-refractivity contribution >= 4 is 38.5 Å². The van der Waals surface area contributed by atoms with Crippen molar-refractivity contribution in [3.8, 4) is 0 Å². The fraction of sp³-hybridized carbons (Fsp3) is 0.250. The zero-order chi connectivity index (χ0) is 19.1. The Bertz CT molecular complexity index is 878. The van der Waals surface area contributed by atoms with E-state index in [1.807, 2.05) is 54.6 Å². The normalized spacial score (nSPS) is 11.7. The molecule has 0 aliphatic heterocycles. The molecule has 1 aromatic heterocycles. The summed E-state index contributed by atoms with van der Waals surface area (Å²) in [6.07, 6.45) is 0.199. The lowest BCUT2D eigenvalue weighted by Gasteiger charge is -2.18. The molecule has 0 aliphatic rings. The number of hydrogen-bond donors (Lipinski definition) is 3. The summed E-state index contributed by atoms with van der Waals surface area (Å²) in [6, 6.07) is 17.1. The van der Waals surface area contributed by atoms with Crippen molar-refractivity contribution < 1.29 is 9.59 Å². The number of nitrogens with zero attached hydrogens (tertiary/aromatic N) is 1. The minimum absolute atomic E-state index is 0.108. The number of fused-ring (bicyclic) bond motifs is 1. The van der Waals surface area contributed by atoms with Crippen LogP contribution < -0.4 is 16.0 Å². The molecule has 0 unspecified atom stereocenters. The van der Waals surface area contributed by atoms with E-state index in [0.29, 0.717) is 13.1 Å². The van der Waals surface area contributed by atoms with Gasteiger partial charge in [-0.25, -0.2) is 4.98 Å². The van der Waals surface area contributed by atoms with Crippen molar-refractivity contribution in [2.45, 2.75) is 19.4 Å². The van der Waals surface area contributed by atoms with Crippen molar-refractivity contribution in [2.75, 3.05) is 18.4 Å². The number of hydrogen-bond acceptors (Lipinski definition) is 5. The second-order valence-corrected chi connectivity index (χ2v) is 7.16. The molecular weight excluding hydrogens is 360 g/mol. The lowest BCUT2D eigenvalue weighted by molar-refractivity contribution is -0.122. The third-order valence-corrected chi connectivity index (χ3v) is 4.98. The Labute approximate surface area is 162 Å². The number of carbonyl (C=O) groups excluding carboxylic acids is 2. The summed E-state index contributed by atoms with van der Waals surface area (Å²) in [7, 11) is 0. The summed E-state index contributed by atoms with van der Waals surface area (Å²) in [4.78, 5) is 28.2. The van der Waals surface area contributed by atoms with Crippen LogP contribution in [0.2, 0.25) is 0 Å². The summed E-state index contributed by atoms with van der Waals surface area (Å²) in [5, 5.41) is 9.79. The van der Waals surface area contributed by atoms with Gasteiger partial charge >= 0.3 is 0 Å². The molecule has 0 radical (unpaired) electrons. The molecule has 7 heteroatoms. The first-order valence-electron chi connectivity index (χ1n) is 8.80. The van der Waals surface area contributed by atoms with Crippen LogP contribution in [0.4, 0.5) is 5.13 Å². The number of thiazole rings is 1. The van der Waals surface area contributed by atoms with Gasteiger partial charge in [-0.1, -0.05) is 53.8 Å². The Morgan fingerprint density at radius 1 is 1.04 bits per heavy atom. The molecule has 0 spiro atoms. The largest absolute Gasteiger partial charge is 0.360 e. The van der Waals surface area contributed by atoms with Gasteiger partial charge in [-0.05, 0) is 17.7 Å². The van der Waals surface area contributed by atoms with Gasteiger partial charge in [0.25, 0.3) is 0 Å². The molecule has 140 valence electrons. The highest BCUT2D eigenvalue weighted by Crippen LogP contribution is 2.24. The summed E-state index contributed by atoms with van der Waals surface area (Å²) in [6.45, 7) is 2.52. The smallest absolute Gasteiger partial charge is 0.222 e. The minimum atomic E-state index is -0.332. The van der Waals surface area contributed by atoms with Crippen LogP contribution in [0.5, 0.6) is 0 Å². The van der Waals surface area contributed by atoms with Crippen LogP contribution in [0.15, 0.2) is 54.6 Å². The summed E-state index contributed by atoms with van der Waals surface area (Å²) in [5.41, 5.74) is 1.88. The van der Waals surface area contributed by atoms with Crippen LogP contribution in [0.25, 0.3) is 10.2 Å². The van der Waals surface area contributed by atoms with E-state index < -0.39 is 0 Å². The number of para-hydroxylation sites is 1. The molecule has 2 amide bonds. The molecule has 3 N–H and O–H groups in total. The number of rotatable bonds is 8. The predicted octanol–water partition coefficient (Wildman–Crippen LogP) is 3.09. The van der Waals surface area contributed by atoms with Crippen LogP contribution in [0, 0.1) is 0 Å². The molecule has 3 rings (SSSR count). The fourth-order valence-corrected chi connectivity index (χ4v) is 3.65. The van der Waals surface area contributed by atoms with Crippen molar-refractivity contribution in [2.24, 2.45) is 0 Å². The molecule has 6 nitrogen and oxygen atoms in total. The average Bonchev–Trinajstić information content (AvgIpc) is 3.08. The summed E-state index contributed by atoms with van der Waals surface area (Å²) >= 11 is 1.59. The van der Waals surface area contributed by atoms with Gasteiger partial charge in [0.15, 0.2) is 5.13 Å². The highest BCUT2D eigenvalue weighted by atomic mass is 32.1. The maximum Gasteiger partial charge on any atom is 0.222 e. The van der Waals surface area contributed by atoms with Gasteiger partial charge in [-0.3, -0.25) is 9.59 Å². The van der Waals surface area contributed by atoms with E-state index in [4.69, 9.17) is 0 Å². The monoisotopic (exact) mass is 382 g/mol. The molecule has 0 aliphatic carbocycles. The molecule has 27 heavy (non-hydrogen) atoms. The number of nitrogens with one attached hydrogen (secondary N) is 3. The zero-order valence-electron chi connectivity index (χ0n) is 15.1. The first-order chi connectivity index (χ1) is 13.1. The van der Waals surface area contributed by atoms with Crippen LogP contribution in [-0.4, -0.2) is 29.9 Å². The van der Waals surface area contributed by atoms with Gasteiger partial charge in [0.1, 0.15) is 0 Å². The van der Waals surface area contributed by atoms with Crippen molar-refractivity contribution in [3.05, 3.63) is 60.2 Å². The van der Waals surface area contributed by atoms with E-state index in [-0.39, 0.29) is 24.3 Å². The van der Waals surface area contributed by atoms with Gasteiger partial charge in [0.05, 0.1) is 22.7 Å². The van der Waals surface area contributed by atoms with Crippen molar-refractivity contribution in [1.82, 2.24) is 15.6 Å². The second kappa shape index (κ2) is 9.14. The van der Waals surface area contributed by atoms with Gasteiger partial charge in [-0.15, -0.1) is 0 Å². The van der Waals surface area contributed by atoms with Crippen LogP contribution in [-0.2, 0) is 9.59 Å². The molecule has 2 aromatic carbocycles. The van der Waals surface area contributed by atoms with E-state index in [1.165, 1.54) is 6.92 Å². The quantitative estimate of drug-likeness (QED) is 0.523. The van der Waals surface area contributed by atoms with E-state index in [1.54, 1.807) is 11.3 Å². The molecule has 1 atom stereocenters. The zero-order valence-corrected chi connectivity index (χ0v) is 15.9. The molecule has 0 saturated carbocycles. The first kappa shape index (κ1) is 18.8. The third kappa shape index (κ3) is 5.52. The third-order valence-electron chi connectivity index (χ3n) is 3.99. The predicted molar refractivity (Wildman–Crippen MR) is 109 cm³/mol. The number of amides is 2. The molecular formula is C20H22N4O2S. The van der Waals surface area contributed by atoms with E-state index in [0.717, 1.165) is 20.9 Å². The topological polar surface area (TPSA) is 83.1 Å². The Balaban J connectivity index is 1.47. The Morgan fingerprint density at radius 3 is 2.52 bits per heavy atom. The standard InChI is InChI=1S/C20H22N4O2S/c1-14(25)23-17(15-7-3-2-4-8-15)13-19(26)21-11-12-22-20-24-16-9-5-6-10-18(16)27-20/h2-10,17H,11-13H2,1H3,(H,21,26)(H,22,24)(H,23,25)/t17-/m1/s1. The molecule has 0 saturated heterocycles. The number of benzene rings is 2. The Hall–Kier alpha value is -2.93. The SMILES string of the molecule is CC(=O)N[C@H](CC(=O)NCCNc1nc2ccccc2s1)c1ccccc1. The molecule has 0 fully saturated rings. The molecule has 3 aromatic rings. The number of carbonyl (C=O) groups is 2. The van der Waals surface area contributed by atoms with Crippen molar-refractivity contribution in [3.63, 3.8) is 0 Å². The second-order valence-electron chi connectivity index (χ2n) is 6.13. The van der Waals surface area contributed by atoms with Crippen molar-refractivity contribution in [1.29, 1.82) is 0 Å². The van der Waals surface area contributed by atoms with E-state index >= 15 is 0 Å². The number of anilines is 1. The Kier molecular flexibility index (Phi) is 6.38. The van der Waals surface area contributed by atoms with Crippen LogP contribution in [0.1, 0.15) is 24.9 Å². The Morgan fingerprint density at radius 2 is 1.78 bits per heavy atom. The van der Waals surface area contributed by atoms with Crippen LogP contribution in [0.3, 0.4) is 0 Å². The summed E-state index contributed by atoms with van der Waals surface area (Å²) in [5.74, 6) is -0.266. The maximum absolute atomic E-state index is 12.3. The van der Waals surface area contributed by atoms with Gasteiger partial charge in [0, 0.05) is 20.0 Å². The van der Waals surface area contributed by atoms with Crippen LogP contribution >= 0.6 is 11.3 Å². The van der Waals surface area contributed by atoms with E-state index in [2.05, 4.69) is 20.9 Å². The lowest BCUT2D eigenvalue weighted by Crippen LogP contribution is -2.34. The fourth-order valence-electron chi connectivity index (χ4n) is 2.76. The van der Waals surface area contributed by atoms with E-state index in [9.17, 15) is 9.59 Å².